The van der Waals surface area contributed by atoms with Crippen molar-refractivity contribution >= 4 is 11.7 Å². The molecule has 3 heterocycles. The van der Waals surface area contributed by atoms with E-state index in [2.05, 4.69) is 20.2 Å². The van der Waals surface area contributed by atoms with E-state index in [1.165, 1.54) is 24.8 Å². The Labute approximate surface area is 170 Å². The Kier molecular flexibility index (Phi) is 5.74. The first-order chi connectivity index (χ1) is 14.2. The number of pyridine rings is 1. The van der Waals surface area contributed by atoms with Crippen LogP contribution in [0.4, 0.5) is 5.82 Å². The Morgan fingerprint density at radius 3 is 2.72 bits per heavy atom. The fourth-order valence-electron chi connectivity index (χ4n) is 3.33. The number of hydrogen-bond donors (Lipinski definition) is 1. The standard InChI is InChI=1S/C22H25N5O2/c1-16-5-7-17(8-6-16)20-14-19(29-25-20)15-28-26-22(23)18-9-10-24-21(13-18)27-11-3-2-4-12-27/h5-10,13-14H,2-4,11-12,15H2,1H3,(H2,23,26). The highest BCUT2D eigenvalue weighted by Crippen LogP contribution is 2.20. The molecule has 0 radical (unpaired) electrons. The van der Waals surface area contributed by atoms with Crippen LogP contribution in [-0.2, 0) is 11.4 Å². The predicted molar refractivity (Wildman–Crippen MR) is 112 cm³/mol. The quantitative estimate of drug-likeness (QED) is 0.390. The van der Waals surface area contributed by atoms with Crippen LogP contribution in [0.3, 0.4) is 0 Å². The summed E-state index contributed by atoms with van der Waals surface area (Å²) in [6.07, 6.45) is 5.42. The van der Waals surface area contributed by atoms with Crippen LogP contribution in [0.15, 0.2) is 58.3 Å². The molecule has 0 aliphatic carbocycles. The first-order valence-corrected chi connectivity index (χ1v) is 9.88. The van der Waals surface area contributed by atoms with Gasteiger partial charge in [-0.3, -0.25) is 0 Å². The van der Waals surface area contributed by atoms with Crippen molar-refractivity contribution in [2.75, 3.05) is 18.0 Å². The maximum Gasteiger partial charge on any atom is 0.177 e. The molecule has 29 heavy (non-hydrogen) atoms. The van der Waals surface area contributed by atoms with Gasteiger partial charge in [-0.15, -0.1) is 0 Å². The fourth-order valence-corrected chi connectivity index (χ4v) is 3.33. The zero-order chi connectivity index (χ0) is 20.1. The van der Waals surface area contributed by atoms with Gasteiger partial charge in [0.2, 0.25) is 0 Å². The third-order valence-electron chi connectivity index (χ3n) is 5.00. The fraction of sp³-hybridized carbons (Fsp3) is 0.318. The van der Waals surface area contributed by atoms with E-state index in [-0.39, 0.29) is 6.61 Å². The third kappa shape index (κ3) is 4.74. The summed E-state index contributed by atoms with van der Waals surface area (Å²) in [5.74, 6) is 1.82. The maximum absolute atomic E-state index is 6.10. The molecule has 7 heteroatoms. The summed E-state index contributed by atoms with van der Waals surface area (Å²) in [6.45, 7) is 4.26. The molecule has 1 fully saturated rings. The molecular weight excluding hydrogens is 366 g/mol. The van der Waals surface area contributed by atoms with Crippen LogP contribution in [0.25, 0.3) is 11.3 Å². The molecule has 2 aromatic heterocycles. The van der Waals surface area contributed by atoms with E-state index in [1.807, 2.05) is 49.4 Å². The Bertz CT molecular complexity index is 975. The molecule has 0 atom stereocenters. The van der Waals surface area contributed by atoms with Gasteiger partial charge in [0.05, 0.1) is 0 Å². The van der Waals surface area contributed by atoms with Crippen molar-refractivity contribution in [3.8, 4) is 11.3 Å². The van der Waals surface area contributed by atoms with E-state index in [4.69, 9.17) is 15.1 Å². The minimum Gasteiger partial charge on any atom is -0.386 e. The first-order valence-electron chi connectivity index (χ1n) is 9.88. The summed E-state index contributed by atoms with van der Waals surface area (Å²) in [7, 11) is 0. The zero-order valence-electron chi connectivity index (χ0n) is 16.5. The van der Waals surface area contributed by atoms with Gasteiger partial charge in [-0.2, -0.15) is 0 Å². The van der Waals surface area contributed by atoms with Crippen molar-refractivity contribution in [2.24, 2.45) is 10.9 Å². The lowest BCUT2D eigenvalue weighted by Crippen LogP contribution is -2.30. The highest BCUT2D eigenvalue weighted by Gasteiger charge is 2.13. The third-order valence-corrected chi connectivity index (χ3v) is 5.00. The van der Waals surface area contributed by atoms with E-state index >= 15 is 0 Å². The molecule has 3 aromatic rings. The van der Waals surface area contributed by atoms with Crippen molar-refractivity contribution in [1.29, 1.82) is 0 Å². The van der Waals surface area contributed by atoms with Gasteiger partial charge >= 0.3 is 0 Å². The molecule has 150 valence electrons. The average Bonchev–Trinajstić information content (AvgIpc) is 3.24. The molecule has 1 aliphatic rings. The molecule has 0 unspecified atom stereocenters. The average molecular weight is 391 g/mol. The normalized spacial score (nSPS) is 14.8. The smallest absolute Gasteiger partial charge is 0.177 e. The van der Waals surface area contributed by atoms with Gasteiger partial charge < -0.3 is 20.0 Å². The Morgan fingerprint density at radius 1 is 1.14 bits per heavy atom. The van der Waals surface area contributed by atoms with E-state index in [0.29, 0.717) is 11.6 Å². The Hall–Kier alpha value is -3.35. The molecule has 1 aliphatic heterocycles. The number of rotatable bonds is 6. The van der Waals surface area contributed by atoms with Crippen LogP contribution in [0.1, 0.15) is 36.1 Å². The number of aryl methyl sites for hydroxylation is 1. The summed E-state index contributed by atoms with van der Waals surface area (Å²) in [6, 6.07) is 13.7. The summed E-state index contributed by atoms with van der Waals surface area (Å²) in [5, 5.41) is 8.12. The maximum atomic E-state index is 6.10. The number of nitrogens with two attached hydrogens (primary N) is 1. The second-order valence-electron chi connectivity index (χ2n) is 7.24. The monoisotopic (exact) mass is 391 g/mol. The number of aromatic nitrogens is 2. The minimum atomic E-state index is 0.156. The van der Waals surface area contributed by atoms with Gasteiger partial charge in [0, 0.05) is 36.5 Å². The molecular formula is C22H25N5O2. The Balaban J connectivity index is 1.37. The highest BCUT2D eigenvalue weighted by molar-refractivity contribution is 5.97. The van der Waals surface area contributed by atoms with Gasteiger partial charge in [0.15, 0.2) is 18.2 Å². The van der Waals surface area contributed by atoms with Crippen LogP contribution in [-0.4, -0.2) is 29.1 Å². The number of nitrogens with zero attached hydrogens (tertiary/aromatic N) is 4. The van der Waals surface area contributed by atoms with E-state index in [9.17, 15) is 0 Å². The molecule has 0 saturated carbocycles. The van der Waals surface area contributed by atoms with Crippen LogP contribution in [0, 0.1) is 6.92 Å². The first kappa shape index (κ1) is 19.0. The molecule has 0 bridgehead atoms. The van der Waals surface area contributed by atoms with Crippen LogP contribution in [0.2, 0.25) is 0 Å². The molecule has 0 spiro atoms. The van der Waals surface area contributed by atoms with Gasteiger partial charge in [0.25, 0.3) is 0 Å². The van der Waals surface area contributed by atoms with Crippen molar-refractivity contribution in [1.82, 2.24) is 10.1 Å². The topological polar surface area (TPSA) is 89.8 Å². The molecule has 1 saturated heterocycles. The summed E-state index contributed by atoms with van der Waals surface area (Å²) in [5.41, 5.74) is 9.85. The van der Waals surface area contributed by atoms with Gasteiger partial charge in [-0.05, 0) is 38.3 Å². The lowest BCUT2D eigenvalue weighted by atomic mass is 10.1. The van der Waals surface area contributed by atoms with E-state index in [1.54, 1.807) is 6.20 Å². The molecule has 0 amide bonds. The number of hydrogen-bond acceptors (Lipinski definition) is 6. The predicted octanol–water partition coefficient (Wildman–Crippen LogP) is 3.87. The van der Waals surface area contributed by atoms with Gasteiger partial charge in [-0.25, -0.2) is 4.98 Å². The number of piperidine rings is 1. The number of benzene rings is 1. The molecule has 1 aromatic carbocycles. The van der Waals surface area contributed by atoms with Crippen molar-refractivity contribution in [2.45, 2.75) is 32.8 Å². The lowest BCUT2D eigenvalue weighted by Gasteiger charge is -2.27. The summed E-state index contributed by atoms with van der Waals surface area (Å²) in [4.78, 5) is 12.1. The number of amidine groups is 1. The highest BCUT2D eigenvalue weighted by atomic mass is 16.6. The minimum absolute atomic E-state index is 0.156. The number of oxime groups is 1. The van der Waals surface area contributed by atoms with E-state index in [0.717, 1.165) is 35.7 Å². The van der Waals surface area contributed by atoms with Crippen molar-refractivity contribution in [3.63, 3.8) is 0 Å². The largest absolute Gasteiger partial charge is 0.386 e. The van der Waals surface area contributed by atoms with Gasteiger partial charge in [-0.1, -0.05) is 40.1 Å². The van der Waals surface area contributed by atoms with Gasteiger partial charge in [0.1, 0.15) is 11.5 Å². The summed E-state index contributed by atoms with van der Waals surface area (Å²) < 4.78 is 5.33. The van der Waals surface area contributed by atoms with Crippen LogP contribution in [0.5, 0.6) is 0 Å². The molecule has 2 N–H and O–H groups in total. The van der Waals surface area contributed by atoms with Crippen LogP contribution < -0.4 is 10.6 Å². The second kappa shape index (κ2) is 8.77. The summed E-state index contributed by atoms with van der Waals surface area (Å²) >= 11 is 0. The zero-order valence-corrected chi connectivity index (χ0v) is 16.5. The lowest BCUT2D eigenvalue weighted by molar-refractivity contribution is 0.109. The Morgan fingerprint density at radius 2 is 1.93 bits per heavy atom. The molecule has 7 nitrogen and oxygen atoms in total. The van der Waals surface area contributed by atoms with E-state index < -0.39 is 0 Å². The number of anilines is 1. The molecule has 4 rings (SSSR count). The SMILES string of the molecule is Cc1ccc(-c2cc(CO/N=C(\N)c3ccnc(N4CCCCC4)c3)on2)cc1. The second-order valence-corrected chi connectivity index (χ2v) is 7.24. The van der Waals surface area contributed by atoms with Crippen molar-refractivity contribution in [3.05, 3.63) is 65.5 Å². The van der Waals surface area contributed by atoms with Crippen molar-refractivity contribution < 1.29 is 9.36 Å². The van der Waals surface area contributed by atoms with Crippen LogP contribution >= 0.6 is 0 Å².